The number of nitrogens with one attached hydrogen (secondary N) is 3. The van der Waals surface area contributed by atoms with Crippen molar-refractivity contribution < 1.29 is 27.5 Å². The summed E-state index contributed by atoms with van der Waals surface area (Å²) in [7, 11) is 2.48. The largest absolute Gasteiger partial charge is 0.481 e. The minimum atomic E-state index is -4.77. The van der Waals surface area contributed by atoms with E-state index in [0.717, 1.165) is 18.9 Å². The highest BCUT2D eigenvalue weighted by Gasteiger charge is 2.36. The molecule has 3 aromatic rings. The number of nitrogens with zero attached hydrogens (tertiary/aromatic N) is 2. The third-order valence-corrected chi connectivity index (χ3v) is 4.64. The molecule has 8 nitrogen and oxygen atoms in total. The van der Waals surface area contributed by atoms with E-state index >= 15 is 0 Å². The van der Waals surface area contributed by atoms with Crippen molar-refractivity contribution in [3.63, 3.8) is 0 Å². The van der Waals surface area contributed by atoms with Crippen LogP contribution in [0.5, 0.6) is 5.88 Å². The van der Waals surface area contributed by atoms with Gasteiger partial charge in [-0.3, -0.25) is 9.59 Å². The van der Waals surface area contributed by atoms with Gasteiger partial charge >= 0.3 is 6.18 Å². The van der Waals surface area contributed by atoms with Gasteiger partial charge in [0.25, 0.3) is 11.8 Å². The quantitative estimate of drug-likeness (QED) is 0.511. The zero-order valence-corrected chi connectivity index (χ0v) is 17.9. The number of alkyl halides is 3. The van der Waals surface area contributed by atoms with Gasteiger partial charge in [0.05, 0.1) is 23.9 Å². The lowest BCUT2D eigenvalue weighted by atomic mass is 10.1. The van der Waals surface area contributed by atoms with E-state index in [4.69, 9.17) is 0 Å². The van der Waals surface area contributed by atoms with Gasteiger partial charge in [-0.2, -0.15) is 13.2 Å². The van der Waals surface area contributed by atoms with E-state index in [1.807, 2.05) is 19.1 Å². The second-order valence-corrected chi connectivity index (χ2v) is 6.87. The Morgan fingerprint density at radius 1 is 0.970 bits per heavy atom. The molecule has 0 bridgehead atoms. The van der Waals surface area contributed by atoms with Crippen LogP contribution in [0.2, 0.25) is 0 Å². The molecule has 1 aromatic carbocycles. The highest BCUT2D eigenvalue weighted by Crippen LogP contribution is 2.35. The van der Waals surface area contributed by atoms with Gasteiger partial charge in [-0.05, 0) is 30.7 Å². The van der Waals surface area contributed by atoms with E-state index in [0.29, 0.717) is 11.8 Å². The van der Waals surface area contributed by atoms with Crippen LogP contribution in [0.4, 0.5) is 30.4 Å². The number of halogens is 3. The fraction of sp³-hybridized carbons (Fsp3) is 0.182. The van der Waals surface area contributed by atoms with Crippen LogP contribution in [0.1, 0.15) is 31.8 Å². The number of hydrogen-bond acceptors (Lipinski definition) is 6. The van der Waals surface area contributed by atoms with E-state index < -0.39 is 29.4 Å². The molecule has 0 saturated heterocycles. The van der Waals surface area contributed by atoms with Crippen molar-refractivity contribution in [1.29, 1.82) is 0 Å². The lowest BCUT2D eigenvalue weighted by molar-refractivity contribution is -0.139. The van der Waals surface area contributed by atoms with Crippen molar-refractivity contribution in [1.82, 2.24) is 15.3 Å². The first-order valence-corrected chi connectivity index (χ1v) is 9.61. The number of rotatable bonds is 6. The van der Waals surface area contributed by atoms with Gasteiger partial charge in [0, 0.05) is 25.1 Å². The average molecular weight is 459 g/mol. The Balaban J connectivity index is 1.99. The van der Waals surface area contributed by atoms with Crippen molar-refractivity contribution in [3.8, 4) is 5.88 Å². The minimum Gasteiger partial charge on any atom is -0.481 e. The van der Waals surface area contributed by atoms with Crippen LogP contribution in [-0.4, -0.2) is 35.9 Å². The summed E-state index contributed by atoms with van der Waals surface area (Å²) >= 11 is 0. The summed E-state index contributed by atoms with van der Waals surface area (Å²) < 4.78 is 44.6. The fourth-order valence-electron chi connectivity index (χ4n) is 2.91. The summed E-state index contributed by atoms with van der Waals surface area (Å²) in [5.74, 6) is -1.78. The molecule has 0 atom stereocenters. The highest BCUT2D eigenvalue weighted by atomic mass is 19.4. The van der Waals surface area contributed by atoms with Gasteiger partial charge in [0.1, 0.15) is 5.56 Å². The van der Waals surface area contributed by atoms with Crippen LogP contribution in [0, 0.1) is 6.92 Å². The highest BCUT2D eigenvalue weighted by molar-refractivity contribution is 6.06. The maximum absolute atomic E-state index is 13.3. The Labute approximate surface area is 187 Å². The Morgan fingerprint density at radius 3 is 2.27 bits per heavy atom. The number of ether oxygens (including phenoxy) is 1. The Hall–Kier alpha value is -4.15. The predicted octanol–water partition coefficient (Wildman–Crippen LogP) is 4.17. The number of para-hydroxylation sites is 1. The third kappa shape index (κ3) is 5.37. The van der Waals surface area contributed by atoms with Crippen LogP contribution in [0.3, 0.4) is 0 Å². The van der Waals surface area contributed by atoms with Gasteiger partial charge in [0.15, 0.2) is 5.82 Å². The number of amides is 2. The standard InChI is InChI=1S/C22H20F3N5O3/c1-12-6-4-5-7-16(12)29-18-17(9-14(10-27-18)19(31)26-2)30-20(32)13-8-15(22(23,24)25)21(33-3)28-11-13/h4-11H,1-3H3,(H,26,31)(H,27,29)(H,30,32). The number of hydrogen-bond donors (Lipinski definition) is 3. The molecule has 0 radical (unpaired) electrons. The topological polar surface area (TPSA) is 105 Å². The van der Waals surface area contributed by atoms with Gasteiger partial charge in [-0.25, -0.2) is 9.97 Å². The third-order valence-electron chi connectivity index (χ3n) is 4.64. The summed E-state index contributed by atoms with van der Waals surface area (Å²) in [6, 6.07) is 9.31. The molecule has 0 fully saturated rings. The number of pyridine rings is 2. The molecule has 0 saturated carbocycles. The second-order valence-electron chi connectivity index (χ2n) is 6.87. The molecule has 0 unspecified atom stereocenters. The summed E-state index contributed by atoms with van der Waals surface area (Å²) in [5, 5.41) is 8.02. The minimum absolute atomic E-state index is 0.0914. The van der Waals surface area contributed by atoms with Crippen molar-refractivity contribution in [2.75, 3.05) is 24.8 Å². The molecular formula is C22H20F3N5O3. The van der Waals surface area contributed by atoms with E-state index in [1.54, 1.807) is 12.1 Å². The summed E-state index contributed by atoms with van der Waals surface area (Å²) in [4.78, 5) is 32.6. The number of benzene rings is 1. The number of methoxy groups -OCH3 is 1. The molecule has 33 heavy (non-hydrogen) atoms. The maximum atomic E-state index is 13.3. The van der Waals surface area contributed by atoms with Crippen molar-refractivity contribution in [3.05, 3.63) is 71.0 Å². The molecule has 172 valence electrons. The average Bonchev–Trinajstić information content (AvgIpc) is 2.79. The van der Waals surface area contributed by atoms with E-state index in [2.05, 4.69) is 30.7 Å². The molecule has 11 heteroatoms. The zero-order chi connectivity index (χ0) is 24.2. The van der Waals surface area contributed by atoms with Crippen molar-refractivity contribution >= 4 is 29.0 Å². The fourth-order valence-corrected chi connectivity index (χ4v) is 2.91. The van der Waals surface area contributed by atoms with Crippen LogP contribution in [0.25, 0.3) is 0 Å². The van der Waals surface area contributed by atoms with Crippen LogP contribution in [-0.2, 0) is 6.18 Å². The zero-order valence-electron chi connectivity index (χ0n) is 17.9. The molecule has 0 aliphatic carbocycles. The number of carbonyl (C=O) groups is 2. The van der Waals surface area contributed by atoms with Crippen molar-refractivity contribution in [2.45, 2.75) is 13.1 Å². The number of anilines is 3. The lowest BCUT2D eigenvalue weighted by Crippen LogP contribution is -2.20. The van der Waals surface area contributed by atoms with Gasteiger partial charge in [0.2, 0.25) is 5.88 Å². The molecular weight excluding hydrogens is 439 g/mol. The molecule has 2 amide bonds. The molecule has 0 spiro atoms. The Bertz CT molecular complexity index is 1200. The summed E-state index contributed by atoms with van der Waals surface area (Å²) in [6.07, 6.45) is -2.49. The maximum Gasteiger partial charge on any atom is 0.421 e. The smallest absolute Gasteiger partial charge is 0.421 e. The number of carbonyl (C=O) groups excluding carboxylic acids is 2. The lowest BCUT2D eigenvalue weighted by Gasteiger charge is -2.16. The van der Waals surface area contributed by atoms with Gasteiger partial charge < -0.3 is 20.7 Å². The summed E-state index contributed by atoms with van der Waals surface area (Å²) in [6.45, 7) is 1.86. The molecule has 2 aromatic heterocycles. The monoisotopic (exact) mass is 459 g/mol. The molecule has 0 aliphatic heterocycles. The molecule has 3 rings (SSSR count). The Morgan fingerprint density at radius 2 is 1.64 bits per heavy atom. The van der Waals surface area contributed by atoms with Crippen LogP contribution >= 0.6 is 0 Å². The number of aryl methyl sites for hydroxylation is 1. The van der Waals surface area contributed by atoms with Gasteiger partial charge in [-0.1, -0.05) is 18.2 Å². The summed E-state index contributed by atoms with van der Waals surface area (Å²) in [5.41, 5.74) is 0.281. The van der Waals surface area contributed by atoms with E-state index in [9.17, 15) is 22.8 Å². The molecule has 0 aliphatic rings. The van der Waals surface area contributed by atoms with Crippen LogP contribution in [0.15, 0.2) is 48.8 Å². The van der Waals surface area contributed by atoms with Crippen LogP contribution < -0.4 is 20.7 Å². The van der Waals surface area contributed by atoms with E-state index in [-0.39, 0.29) is 22.6 Å². The predicted molar refractivity (Wildman–Crippen MR) is 116 cm³/mol. The second kappa shape index (κ2) is 9.55. The SMILES string of the molecule is CNC(=O)c1cnc(Nc2ccccc2C)c(NC(=O)c2cnc(OC)c(C(F)(F)F)c2)c1. The molecule has 3 N–H and O–H groups in total. The van der Waals surface area contributed by atoms with Crippen molar-refractivity contribution in [2.24, 2.45) is 0 Å². The Kier molecular flexibility index (Phi) is 6.80. The normalized spacial score (nSPS) is 11.0. The van der Waals surface area contributed by atoms with E-state index in [1.165, 1.54) is 19.3 Å². The van der Waals surface area contributed by atoms with Gasteiger partial charge in [-0.15, -0.1) is 0 Å². The molecule has 2 heterocycles. The first-order chi connectivity index (χ1) is 15.6. The first-order valence-electron chi connectivity index (χ1n) is 9.61. The first kappa shape index (κ1) is 23.5. The number of aromatic nitrogens is 2.